The number of anilines is 2. The van der Waals surface area contributed by atoms with Gasteiger partial charge in [0.25, 0.3) is 0 Å². The summed E-state index contributed by atoms with van der Waals surface area (Å²) in [6.45, 7) is 0. The first-order valence-electron chi connectivity index (χ1n) is 9.34. The molecule has 5 aromatic rings. The van der Waals surface area contributed by atoms with Crippen LogP contribution in [0.15, 0.2) is 60.7 Å². The molecule has 0 aliphatic rings. The maximum atomic E-state index is 13.3. The number of hydrogen-bond donors (Lipinski definition) is 2. The zero-order valence-electron chi connectivity index (χ0n) is 16.0. The van der Waals surface area contributed by atoms with Crippen molar-refractivity contribution < 1.29 is 13.2 Å². The van der Waals surface area contributed by atoms with Gasteiger partial charge in [-0.05, 0) is 42.5 Å². The van der Waals surface area contributed by atoms with Gasteiger partial charge in [0.1, 0.15) is 11.5 Å². The van der Waals surface area contributed by atoms with Gasteiger partial charge in [-0.2, -0.15) is 18.3 Å². The van der Waals surface area contributed by atoms with E-state index in [1.165, 1.54) is 6.07 Å². The monoisotopic (exact) mass is 473 g/mol. The molecule has 2 heterocycles. The van der Waals surface area contributed by atoms with Crippen molar-refractivity contribution in [2.75, 3.05) is 5.32 Å². The topological polar surface area (TPSA) is 66.5 Å². The fraction of sp³-hybridized carbons (Fsp3) is 0.0455. The minimum atomic E-state index is -4.67. The van der Waals surface area contributed by atoms with Gasteiger partial charge in [-0.15, -0.1) is 0 Å². The van der Waals surface area contributed by atoms with E-state index in [2.05, 4.69) is 25.5 Å². The highest BCUT2D eigenvalue weighted by Crippen LogP contribution is 2.35. The van der Waals surface area contributed by atoms with E-state index in [1.807, 2.05) is 0 Å². The summed E-state index contributed by atoms with van der Waals surface area (Å²) in [5.74, 6) is -1.15. The Morgan fingerprint density at radius 1 is 0.844 bits per heavy atom. The number of rotatable bonds is 3. The first-order valence-corrected chi connectivity index (χ1v) is 10.1. The lowest BCUT2D eigenvalue weighted by atomic mass is 10.1. The smallest absolute Gasteiger partial charge is 0.340 e. The lowest BCUT2D eigenvalue weighted by molar-refractivity contribution is -0.144. The molecule has 0 bridgehead atoms. The largest absolute Gasteiger partial charge is 0.451 e. The third-order valence-corrected chi connectivity index (χ3v) is 5.61. The maximum absolute atomic E-state index is 13.3. The van der Waals surface area contributed by atoms with E-state index >= 15 is 0 Å². The van der Waals surface area contributed by atoms with Crippen LogP contribution in [-0.2, 0) is 6.18 Å². The van der Waals surface area contributed by atoms with Gasteiger partial charge < -0.3 is 5.32 Å². The predicted octanol–water partition coefficient (Wildman–Crippen LogP) is 7.24. The lowest BCUT2D eigenvalue weighted by Gasteiger charge is -2.12. The van der Waals surface area contributed by atoms with Crippen LogP contribution < -0.4 is 5.32 Å². The second-order valence-electron chi connectivity index (χ2n) is 7.00. The normalized spacial score (nSPS) is 11.9. The summed E-state index contributed by atoms with van der Waals surface area (Å²) in [7, 11) is 0. The zero-order valence-corrected chi connectivity index (χ0v) is 17.5. The summed E-state index contributed by atoms with van der Waals surface area (Å²) in [4.78, 5) is 7.38. The van der Waals surface area contributed by atoms with E-state index in [9.17, 15) is 13.2 Å². The number of fused-ring (bicyclic) bond motifs is 2. The summed E-state index contributed by atoms with van der Waals surface area (Å²) in [6, 6.07) is 17.0. The fourth-order valence-electron chi connectivity index (χ4n) is 3.39. The lowest BCUT2D eigenvalue weighted by Crippen LogP contribution is -2.12. The number of benzene rings is 3. The minimum absolute atomic E-state index is 0.0573. The van der Waals surface area contributed by atoms with Crippen LogP contribution >= 0.6 is 23.2 Å². The van der Waals surface area contributed by atoms with Crippen LogP contribution in [0.5, 0.6) is 0 Å². The molecule has 0 fully saturated rings. The van der Waals surface area contributed by atoms with Crippen molar-refractivity contribution in [3.8, 4) is 11.3 Å². The highest BCUT2D eigenvalue weighted by molar-refractivity contribution is 6.42. The Morgan fingerprint density at radius 3 is 2.44 bits per heavy atom. The summed E-state index contributed by atoms with van der Waals surface area (Å²) in [6.07, 6.45) is -4.67. The number of nitrogens with one attached hydrogen (secondary N) is 2. The molecule has 2 aromatic heterocycles. The van der Waals surface area contributed by atoms with E-state index in [0.29, 0.717) is 26.8 Å². The second-order valence-corrected chi connectivity index (χ2v) is 7.81. The van der Waals surface area contributed by atoms with Gasteiger partial charge in [0, 0.05) is 22.0 Å². The molecule has 0 aliphatic heterocycles. The quantitative estimate of drug-likeness (QED) is 0.289. The Kier molecular flexibility index (Phi) is 4.91. The van der Waals surface area contributed by atoms with Crippen molar-refractivity contribution in [2.45, 2.75) is 6.18 Å². The average molecular weight is 474 g/mol. The summed E-state index contributed by atoms with van der Waals surface area (Å²) >= 11 is 12.1. The molecule has 5 nitrogen and oxygen atoms in total. The first kappa shape index (κ1) is 20.5. The molecule has 0 atom stereocenters. The van der Waals surface area contributed by atoms with Crippen LogP contribution in [0.2, 0.25) is 10.0 Å². The van der Waals surface area contributed by atoms with E-state index in [1.54, 1.807) is 54.6 Å². The molecular weight excluding hydrogens is 462 g/mol. The Bertz CT molecular complexity index is 1480. The van der Waals surface area contributed by atoms with Crippen molar-refractivity contribution in [3.63, 3.8) is 0 Å². The van der Waals surface area contributed by atoms with Crippen molar-refractivity contribution in [1.29, 1.82) is 0 Å². The summed E-state index contributed by atoms with van der Waals surface area (Å²) < 4.78 is 40.0. The van der Waals surface area contributed by atoms with Crippen molar-refractivity contribution in [2.24, 2.45) is 0 Å². The molecule has 2 N–H and O–H groups in total. The van der Waals surface area contributed by atoms with Gasteiger partial charge in [0.15, 0.2) is 0 Å². The number of aromatic nitrogens is 4. The second kappa shape index (κ2) is 7.65. The van der Waals surface area contributed by atoms with Crippen molar-refractivity contribution in [3.05, 3.63) is 76.5 Å². The van der Waals surface area contributed by atoms with Gasteiger partial charge in [-0.1, -0.05) is 41.4 Å². The molecule has 0 radical (unpaired) electrons. The van der Waals surface area contributed by atoms with Crippen LogP contribution in [-0.4, -0.2) is 20.2 Å². The predicted molar refractivity (Wildman–Crippen MR) is 119 cm³/mol. The molecule has 0 saturated heterocycles. The molecule has 3 aromatic carbocycles. The van der Waals surface area contributed by atoms with Crippen LogP contribution in [0.25, 0.3) is 33.1 Å². The van der Waals surface area contributed by atoms with E-state index in [4.69, 9.17) is 23.2 Å². The Hall–Kier alpha value is -3.36. The number of nitrogens with zero attached hydrogens (tertiary/aromatic N) is 3. The fourth-order valence-corrected chi connectivity index (χ4v) is 3.69. The minimum Gasteiger partial charge on any atom is -0.340 e. The number of H-pyrrole nitrogens is 1. The van der Waals surface area contributed by atoms with Crippen molar-refractivity contribution >= 4 is 56.5 Å². The third kappa shape index (κ3) is 3.72. The van der Waals surface area contributed by atoms with Crippen LogP contribution in [0, 0.1) is 0 Å². The zero-order chi connectivity index (χ0) is 22.5. The van der Waals surface area contributed by atoms with Crippen LogP contribution in [0.3, 0.4) is 0 Å². The molecule has 0 saturated carbocycles. The van der Waals surface area contributed by atoms with Gasteiger partial charge in [0.05, 0.1) is 21.1 Å². The molecule has 5 rings (SSSR count). The SMILES string of the molecule is FC(F)(F)c1nc(Nc2ccc3[nH]nc(-c4ccc(Cl)c(Cl)c4)c3c2)c2ccccc2n1. The third-order valence-electron chi connectivity index (χ3n) is 4.88. The molecule has 0 aliphatic carbocycles. The van der Waals surface area contributed by atoms with Crippen molar-refractivity contribution in [1.82, 2.24) is 20.2 Å². The molecule has 0 unspecified atom stereocenters. The molecule has 0 amide bonds. The van der Waals surface area contributed by atoms with E-state index < -0.39 is 12.0 Å². The Labute approximate surface area is 189 Å². The molecule has 0 spiro atoms. The highest BCUT2D eigenvalue weighted by atomic mass is 35.5. The van der Waals surface area contributed by atoms with E-state index in [0.717, 1.165) is 16.5 Å². The molecular formula is C22H12Cl2F3N5. The van der Waals surface area contributed by atoms with Crippen LogP contribution in [0.1, 0.15) is 5.82 Å². The van der Waals surface area contributed by atoms with Gasteiger partial charge >= 0.3 is 6.18 Å². The highest BCUT2D eigenvalue weighted by Gasteiger charge is 2.35. The number of para-hydroxylation sites is 1. The van der Waals surface area contributed by atoms with Gasteiger partial charge in [-0.3, -0.25) is 5.10 Å². The summed E-state index contributed by atoms with van der Waals surface area (Å²) in [5.41, 5.74) is 2.86. The summed E-state index contributed by atoms with van der Waals surface area (Å²) in [5, 5.41) is 12.3. The Morgan fingerprint density at radius 2 is 1.66 bits per heavy atom. The number of alkyl halides is 3. The average Bonchev–Trinajstić information content (AvgIpc) is 3.18. The van der Waals surface area contributed by atoms with Gasteiger partial charge in [0.2, 0.25) is 5.82 Å². The number of aromatic amines is 1. The number of halogens is 5. The first-order chi connectivity index (χ1) is 15.3. The molecule has 160 valence electrons. The molecule has 32 heavy (non-hydrogen) atoms. The molecule has 10 heteroatoms. The standard InChI is InChI=1S/C22H12Cl2F3N5/c23-15-7-5-11(9-16(15)24)19-14-10-12(6-8-18(14)31-32-19)28-20-13-3-1-2-4-17(13)29-21(30-20)22(25,26)27/h1-10H,(H,31,32)(H,28,29,30). The van der Waals surface area contributed by atoms with Gasteiger partial charge in [-0.25, -0.2) is 9.97 Å². The number of hydrogen-bond acceptors (Lipinski definition) is 4. The maximum Gasteiger partial charge on any atom is 0.451 e. The van der Waals surface area contributed by atoms with Crippen LogP contribution in [0.4, 0.5) is 24.7 Å². The van der Waals surface area contributed by atoms with E-state index in [-0.39, 0.29) is 11.3 Å². The Balaban J connectivity index is 1.61.